The average molecular weight is 498 g/mol. The van der Waals surface area contributed by atoms with E-state index in [-0.39, 0.29) is 34.8 Å². The van der Waals surface area contributed by atoms with Gasteiger partial charge < -0.3 is 25.0 Å². The number of ether oxygens (including phenoxy) is 2. The van der Waals surface area contributed by atoms with E-state index in [9.17, 15) is 18.4 Å². The number of anilines is 2. The van der Waals surface area contributed by atoms with Crippen LogP contribution in [0.1, 0.15) is 33.6 Å². The Morgan fingerprint density at radius 1 is 1.08 bits per heavy atom. The molecular weight excluding hydrogens is 472 g/mol. The molecule has 2 N–H and O–H groups in total. The third-order valence-electron chi connectivity index (χ3n) is 5.79. The number of piperidine rings is 1. The number of rotatable bonds is 7. The maximum atomic E-state index is 14.0. The van der Waals surface area contributed by atoms with Gasteiger partial charge in [0, 0.05) is 51.4 Å². The van der Waals surface area contributed by atoms with Gasteiger partial charge in [0.15, 0.2) is 11.6 Å². The number of methoxy groups -OCH3 is 1. The van der Waals surface area contributed by atoms with Crippen molar-refractivity contribution in [2.75, 3.05) is 37.5 Å². The third kappa shape index (κ3) is 5.35. The first kappa shape index (κ1) is 24.8. The van der Waals surface area contributed by atoms with Gasteiger partial charge in [0.05, 0.1) is 30.2 Å². The number of nitrogens with one attached hydrogen (secondary N) is 2. The maximum absolute atomic E-state index is 14.0. The van der Waals surface area contributed by atoms with E-state index in [1.807, 2.05) is 4.90 Å². The van der Waals surface area contributed by atoms with Crippen LogP contribution in [0.4, 0.5) is 20.2 Å². The predicted octanol–water partition coefficient (Wildman–Crippen LogP) is 3.42. The van der Waals surface area contributed by atoms with Crippen LogP contribution in [0.3, 0.4) is 0 Å². The predicted molar refractivity (Wildman–Crippen MR) is 129 cm³/mol. The van der Waals surface area contributed by atoms with Gasteiger partial charge in [0.1, 0.15) is 17.5 Å². The molecule has 1 fully saturated rings. The normalized spacial score (nSPS) is 13.7. The van der Waals surface area contributed by atoms with E-state index >= 15 is 0 Å². The van der Waals surface area contributed by atoms with Gasteiger partial charge in [-0.1, -0.05) is 0 Å². The number of benzene rings is 1. The minimum atomic E-state index is -0.760. The highest BCUT2D eigenvalue weighted by atomic mass is 19.1. The lowest BCUT2D eigenvalue weighted by Gasteiger charge is -2.35. The number of carbonyl (C=O) groups is 2. The van der Waals surface area contributed by atoms with Crippen molar-refractivity contribution < 1.29 is 27.8 Å². The first-order chi connectivity index (χ1) is 17.4. The van der Waals surface area contributed by atoms with Crippen molar-refractivity contribution in [1.29, 1.82) is 0 Å². The Bertz CT molecular complexity index is 1260. The van der Waals surface area contributed by atoms with Gasteiger partial charge >= 0.3 is 0 Å². The molecule has 1 aromatic carbocycles. The summed E-state index contributed by atoms with van der Waals surface area (Å²) in [6.07, 6.45) is 5.14. The monoisotopic (exact) mass is 497 g/mol. The second-order valence-electron chi connectivity index (χ2n) is 8.06. The Hall–Kier alpha value is -4.28. The first-order valence-corrected chi connectivity index (χ1v) is 11.3. The molecule has 0 atom stereocenters. The van der Waals surface area contributed by atoms with Gasteiger partial charge in [0.2, 0.25) is 5.88 Å². The maximum Gasteiger partial charge on any atom is 0.261 e. The number of hydrogen-bond donors (Lipinski definition) is 2. The molecular formula is C25H25F2N5O4. The standard InChI is InChI=1S/C25H25F2N5O4/c1-28-23(33)18-13-29-14-20(31-24(34)17-4-3-9-30-25(17)35-2)22(18)32-10-7-16(8-11-32)36-21-6-5-15(26)12-19(21)27/h3-6,9,12-14,16H,7-8,10-11H2,1-2H3,(H,28,33)(H,31,34). The van der Waals surface area contributed by atoms with Crippen molar-refractivity contribution >= 4 is 23.2 Å². The van der Waals surface area contributed by atoms with Crippen LogP contribution in [0, 0.1) is 11.6 Å². The van der Waals surface area contributed by atoms with Crippen LogP contribution < -0.4 is 25.0 Å². The molecule has 0 bridgehead atoms. The minimum absolute atomic E-state index is 0.0109. The fraction of sp³-hybridized carbons (Fsp3) is 0.280. The lowest BCUT2D eigenvalue weighted by atomic mass is 10.0. The molecule has 0 unspecified atom stereocenters. The zero-order valence-corrected chi connectivity index (χ0v) is 19.8. The van der Waals surface area contributed by atoms with Crippen molar-refractivity contribution in [1.82, 2.24) is 15.3 Å². The zero-order chi connectivity index (χ0) is 25.7. The van der Waals surface area contributed by atoms with E-state index in [2.05, 4.69) is 20.6 Å². The van der Waals surface area contributed by atoms with Crippen LogP contribution in [0.25, 0.3) is 0 Å². The molecule has 0 aliphatic carbocycles. The average Bonchev–Trinajstić information content (AvgIpc) is 2.90. The quantitative estimate of drug-likeness (QED) is 0.515. The Balaban J connectivity index is 1.56. The van der Waals surface area contributed by atoms with Gasteiger partial charge in [-0.2, -0.15) is 0 Å². The smallest absolute Gasteiger partial charge is 0.261 e. The number of pyridine rings is 2. The van der Waals surface area contributed by atoms with Crippen LogP contribution in [0.2, 0.25) is 0 Å². The fourth-order valence-electron chi connectivity index (χ4n) is 4.05. The summed E-state index contributed by atoms with van der Waals surface area (Å²) in [6.45, 7) is 0.918. The van der Waals surface area contributed by atoms with Gasteiger partial charge in [0.25, 0.3) is 11.8 Å². The van der Waals surface area contributed by atoms with Crippen molar-refractivity contribution in [2.45, 2.75) is 18.9 Å². The number of halogens is 2. The molecule has 3 heterocycles. The van der Waals surface area contributed by atoms with Crippen molar-refractivity contribution in [3.05, 3.63) is 71.7 Å². The second kappa shape index (κ2) is 11.0. The summed E-state index contributed by atoms with van der Waals surface area (Å²) in [5.41, 5.74) is 1.37. The molecule has 1 aliphatic heterocycles. The molecule has 2 aromatic heterocycles. The Morgan fingerprint density at radius 2 is 1.86 bits per heavy atom. The van der Waals surface area contributed by atoms with E-state index in [1.54, 1.807) is 12.1 Å². The number of hydrogen-bond acceptors (Lipinski definition) is 7. The fourth-order valence-corrected chi connectivity index (χ4v) is 4.05. The number of nitrogens with zero attached hydrogens (tertiary/aromatic N) is 3. The number of amides is 2. The zero-order valence-electron chi connectivity index (χ0n) is 19.8. The number of carbonyl (C=O) groups excluding carboxylic acids is 2. The largest absolute Gasteiger partial charge is 0.487 e. The van der Waals surface area contributed by atoms with Crippen molar-refractivity contribution in [3.63, 3.8) is 0 Å². The highest BCUT2D eigenvalue weighted by molar-refractivity contribution is 6.10. The van der Waals surface area contributed by atoms with E-state index < -0.39 is 17.5 Å². The van der Waals surface area contributed by atoms with Gasteiger partial charge in [-0.15, -0.1) is 0 Å². The molecule has 188 valence electrons. The first-order valence-electron chi connectivity index (χ1n) is 11.3. The SMILES string of the molecule is CNC(=O)c1cncc(NC(=O)c2cccnc2OC)c1N1CCC(Oc2ccc(F)cc2F)CC1. The Labute approximate surface area is 206 Å². The molecule has 2 amide bonds. The lowest BCUT2D eigenvalue weighted by Crippen LogP contribution is -2.40. The van der Waals surface area contributed by atoms with Crippen LogP contribution in [0.5, 0.6) is 11.6 Å². The van der Waals surface area contributed by atoms with E-state index in [4.69, 9.17) is 9.47 Å². The van der Waals surface area contributed by atoms with Crippen LogP contribution in [-0.4, -0.2) is 55.1 Å². The third-order valence-corrected chi connectivity index (χ3v) is 5.79. The van der Waals surface area contributed by atoms with Crippen molar-refractivity contribution in [2.24, 2.45) is 0 Å². The molecule has 0 radical (unpaired) electrons. The molecule has 4 rings (SSSR count). The molecule has 3 aromatic rings. The Kier molecular flexibility index (Phi) is 7.57. The summed E-state index contributed by atoms with van der Waals surface area (Å²) in [7, 11) is 2.93. The minimum Gasteiger partial charge on any atom is -0.487 e. The van der Waals surface area contributed by atoms with Gasteiger partial charge in [-0.25, -0.2) is 13.8 Å². The van der Waals surface area contributed by atoms with Crippen LogP contribution in [0.15, 0.2) is 48.9 Å². The van der Waals surface area contributed by atoms with E-state index in [1.165, 1.54) is 38.8 Å². The molecule has 9 nitrogen and oxygen atoms in total. The van der Waals surface area contributed by atoms with Crippen molar-refractivity contribution in [3.8, 4) is 11.6 Å². The molecule has 1 saturated heterocycles. The van der Waals surface area contributed by atoms with E-state index in [0.29, 0.717) is 37.3 Å². The highest BCUT2D eigenvalue weighted by Crippen LogP contribution is 2.33. The molecule has 1 aliphatic rings. The highest BCUT2D eigenvalue weighted by Gasteiger charge is 2.28. The van der Waals surface area contributed by atoms with E-state index in [0.717, 1.165) is 12.1 Å². The molecule has 11 heteroatoms. The lowest BCUT2D eigenvalue weighted by molar-refractivity contribution is 0.0961. The molecule has 36 heavy (non-hydrogen) atoms. The topological polar surface area (TPSA) is 106 Å². The Morgan fingerprint density at radius 3 is 2.56 bits per heavy atom. The summed E-state index contributed by atoms with van der Waals surface area (Å²) in [4.78, 5) is 35.8. The second-order valence-corrected chi connectivity index (χ2v) is 8.06. The summed E-state index contributed by atoms with van der Waals surface area (Å²) in [6, 6.07) is 6.39. The summed E-state index contributed by atoms with van der Waals surface area (Å²) >= 11 is 0. The summed E-state index contributed by atoms with van der Waals surface area (Å²) < 4.78 is 38.1. The summed E-state index contributed by atoms with van der Waals surface area (Å²) in [5.74, 6) is -2.11. The van der Waals surface area contributed by atoms with Gasteiger partial charge in [-0.05, 0) is 24.3 Å². The molecule has 0 spiro atoms. The molecule has 0 saturated carbocycles. The summed E-state index contributed by atoms with van der Waals surface area (Å²) in [5, 5.41) is 5.42. The van der Waals surface area contributed by atoms with Crippen LogP contribution in [-0.2, 0) is 0 Å². The number of aromatic nitrogens is 2. The van der Waals surface area contributed by atoms with Crippen LogP contribution >= 0.6 is 0 Å². The van der Waals surface area contributed by atoms with Gasteiger partial charge in [-0.3, -0.25) is 14.6 Å².